The summed E-state index contributed by atoms with van der Waals surface area (Å²) in [4.78, 5) is 27.8. The van der Waals surface area contributed by atoms with Gasteiger partial charge in [-0.3, -0.25) is 0 Å². The number of hydrogen-bond donors (Lipinski definition) is 0. The van der Waals surface area contributed by atoms with E-state index in [-0.39, 0.29) is 23.3 Å². The smallest absolute Gasteiger partial charge is 0.345 e. The van der Waals surface area contributed by atoms with Gasteiger partial charge >= 0.3 is 11.9 Å². The average molecular weight is 321 g/mol. The highest BCUT2D eigenvalue weighted by Crippen LogP contribution is 2.29. The van der Waals surface area contributed by atoms with Crippen molar-refractivity contribution < 1.29 is 23.5 Å². The van der Waals surface area contributed by atoms with Crippen LogP contribution >= 0.6 is 11.8 Å². The van der Waals surface area contributed by atoms with Gasteiger partial charge in [0.1, 0.15) is 10.4 Å². The van der Waals surface area contributed by atoms with Gasteiger partial charge in [-0.1, -0.05) is 12.1 Å². The molecule has 6 nitrogen and oxygen atoms in total. The van der Waals surface area contributed by atoms with Gasteiger partial charge in [-0.05, 0) is 37.7 Å². The molecule has 0 aliphatic carbocycles. The van der Waals surface area contributed by atoms with Crippen LogP contribution < -0.4 is 0 Å². The Labute approximate surface area is 131 Å². The molecule has 0 N–H and O–H groups in total. The number of rotatable bonds is 6. The maximum Gasteiger partial charge on any atom is 0.345 e. The Morgan fingerprint density at radius 3 is 2.64 bits per heavy atom. The highest BCUT2D eigenvalue weighted by atomic mass is 32.2. The Hall–Kier alpha value is -2.28. The number of hydrogen-bond acceptors (Lipinski definition) is 7. The van der Waals surface area contributed by atoms with E-state index in [0.29, 0.717) is 11.1 Å². The minimum absolute atomic E-state index is 0.0619. The highest BCUT2D eigenvalue weighted by Gasteiger charge is 2.18. The van der Waals surface area contributed by atoms with Crippen molar-refractivity contribution in [2.75, 3.05) is 13.2 Å². The first-order valence-electron chi connectivity index (χ1n) is 6.73. The minimum atomic E-state index is -0.622. The summed E-state index contributed by atoms with van der Waals surface area (Å²) in [5.74, 6) is -1.24. The second kappa shape index (κ2) is 7.65. The van der Waals surface area contributed by atoms with Crippen LogP contribution in [-0.2, 0) is 19.1 Å². The number of ether oxygens (including phenoxy) is 2. The van der Waals surface area contributed by atoms with Crippen molar-refractivity contribution in [3.63, 3.8) is 0 Å². The van der Waals surface area contributed by atoms with E-state index in [9.17, 15) is 9.59 Å². The Morgan fingerprint density at radius 2 is 1.95 bits per heavy atom. The lowest BCUT2D eigenvalue weighted by atomic mass is 10.3. The van der Waals surface area contributed by atoms with Gasteiger partial charge in [-0.25, -0.2) is 14.6 Å². The molecular weight excluding hydrogens is 306 g/mol. The van der Waals surface area contributed by atoms with Crippen molar-refractivity contribution in [2.45, 2.75) is 19.1 Å². The number of benzene rings is 1. The summed E-state index contributed by atoms with van der Waals surface area (Å²) in [6.07, 6.45) is 1.08. The Bertz CT molecular complexity index is 674. The summed E-state index contributed by atoms with van der Waals surface area (Å²) in [5.41, 5.74) is 1.27. The van der Waals surface area contributed by atoms with Gasteiger partial charge in [-0.2, -0.15) is 0 Å². The number of para-hydroxylation sites is 2. The van der Waals surface area contributed by atoms with Crippen LogP contribution in [0.5, 0.6) is 0 Å². The number of esters is 2. The molecule has 2 rings (SSSR count). The second-order valence-corrected chi connectivity index (χ2v) is 5.02. The van der Waals surface area contributed by atoms with Crippen molar-refractivity contribution in [2.24, 2.45) is 0 Å². The topological polar surface area (TPSA) is 78.6 Å². The number of nitrogens with zero attached hydrogens (tertiary/aromatic N) is 1. The van der Waals surface area contributed by atoms with Gasteiger partial charge in [0.15, 0.2) is 5.58 Å². The molecule has 2 aromatic rings. The molecule has 0 radical (unpaired) electrons. The highest BCUT2D eigenvalue weighted by molar-refractivity contribution is 8.03. The molecule has 0 unspecified atom stereocenters. The summed E-state index contributed by atoms with van der Waals surface area (Å²) in [5, 5.41) is 0.254. The third-order valence-electron chi connectivity index (χ3n) is 2.48. The molecule has 0 saturated heterocycles. The zero-order chi connectivity index (χ0) is 15.9. The summed E-state index contributed by atoms with van der Waals surface area (Å²) in [6.45, 7) is 3.79. The first kappa shape index (κ1) is 16.1. The molecule has 0 saturated carbocycles. The zero-order valence-corrected chi connectivity index (χ0v) is 13.0. The Balaban J connectivity index is 2.24. The predicted octanol–water partition coefficient (Wildman–Crippen LogP) is 2.93. The standard InChI is InChI=1S/C15H15NO5S/c1-3-19-13(17)9-12(14(18)20-4-2)22-15-16-10-7-5-6-8-11(10)21-15/h5-9H,3-4H2,1-2H3. The van der Waals surface area contributed by atoms with Crippen LogP contribution in [0.1, 0.15) is 13.8 Å². The van der Waals surface area contributed by atoms with E-state index in [0.717, 1.165) is 17.8 Å². The van der Waals surface area contributed by atoms with Crippen molar-refractivity contribution in [1.29, 1.82) is 0 Å². The molecule has 7 heteroatoms. The average Bonchev–Trinajstić information content (AvgIpc) is 2.89. The van der Waals surface area contributed by atoms with E-state index < -0.39 is 11.9 Å². The van der Waals surface area contributed by atoms with Crippen LogP contribution in [-0.4, -0.2) is 30.1 Å². The molecule has 0 bridgehead atoms. The molecule has 1 aromatic heterocycles. The molecule has 0 atom stereocenters. The largest absolute Gasteiger partial charge is 0.463 e. The molecule has 116 valence electrons. The quantitative estimate of drug-likeness (QED) is 0.460. The van der Waals surface area contributed by atoms with E-state index in [1.165, 1.54) is 0 Å². The number of aromatic nitrogens is 1. The molecule has 0 amide bonds. The molecule has 22 heavy (non-hydrogen) atoms. The van der Waals surface area contributed by atoms with E-state index in [4.69, 9.17) is 13.9 Å². The van der Waals surface area contributed by atoms with Gasteiger partial charge < -0.3 is 13.9 Å². The number of oxazole rings is 1. The third-order valence-corrected chi connectivity index (χ3v) is 3.34. The first-order valence-corrected chi connectivity index (χ1v) is 7.54. The third kappa shape index (κ3) is 4.11. The maximum atomic E-state index is 11.9. The molecule has 1 heterocycles. The predicted molar refractivity (Wildman–Crippen MR) is 81.2 cm³/mol. The van der Waals surface area contributed by atoms with Gasteiger partial charge in [-0.15, -0.1) is 0 Å². The van der Waals surface area contributed by atoms with E-state index in [2.05, 4.69) is 4.98 Å². The van der Waals surface area contributed by atoms with Crippen molar-refractivity contribution >= 4 is 34.8 Å². The van der Waals surface area contributed by atoms with E-state index >= 15 is 0 Å². The van der Waals surface area contributed by atoms with Crippen LogP contribution in [0.2, 0.25) is 0 Å². The molecule has 0 spiro atoms. The summed E-state index contributed by atoms with van der Waals surface area (Å²) >= 11 is 0.925. The molecule has 0 fully saturated rings. The summed E-state index contributed by atoms with van der Waals surface area (Å²) in [7, 11) is 0. The van der Waals surface area contributed by atoms with Gasteiger partial charge in [0.2, 0.25) is 0 Å². The molecule has 0 aliphatic heterocycles. The normalized spacial score (nSPS) is 11.5. The second-order valence-electron chi connectivity index (χ2n) is 4.03. The molecule has 1 aromatic carbocycles. The summed E-state index contributed by atoms with van der Waals surface area (Å²) in [6, 6.07) is 7.22. The Kier molecular flexibility index (Phi) is 5.60. The van der Waals surface area contributed by atoms with E-state index in [1.807, 2.05) is 12.1 Å². The van der Waals surface area contributed by atoms with Crippen molar-refractivity contribution in [3.05, 3.63) is 35.2 Å². The minimum Gasteiger partial charge on any atom is -0.463 e. The lowest BCUT2D eigenvalue weighted by molar-refractivity contribution is -0.140. The fourth-order valence-electron chi connectivity index (χ4n) is 1.61. The summed E-state index contributed by atoms with van der Waals surface area (Å²) < 4.78 is 15.3. The monoisotopic (exact) mass is 321 g/mol. The number of thioether (sulfide) groups is 1. The van der Waals surface area contributed by atoms with Crippen molar-refractivity contribution in [1.82, 2.24) is 4.98 Å². The maximum absolute atomic E-state index is 11.9. The molecule has 0 aliphatic rings. The zero-order valence-electron chi connectivity index (χ0n) is 12.2. The van der Waals surface area contributed by atoms with Crippen molar-refractivity contribution in [3.8, 4) is 0 Å². The van der Waals surface area contributed by atoms with Crippen LogP contribution in [0, 0.1) is 0 Å². The van der Waals surface area contributed by atoms with Crippen LogP contribution in [0.15, 0.2) is 44.9 Å². The fraction of sp³-hybridized carbons (Fsp3) is 0.267. The van der Waals surface area contributed by atoms with E-state index in [1.54, 1.807) is 26.0 Å². The number of fused-ring (bicyclic) bond motifs is 1. The fourth-order valence-corrected chi connectivity index (χ4v) is 2.37. The van der Waals surface area contributed by atoms with Gasteiger partial charge in [0, 0.05) is 6.08 Å². The van der Waals surface area contributed by atoms with Gasteiger partial charge in [0.05, 0.1) is 13.2 Å². The SMILES string of the molecule is CCOC(=O)C=C(Sc1nc2ccccc2o1)C(=O)OCC. The van der Waals surface area contributed by atoms with Crippen LogP contribution in [0.3, 0.4) is 0 Å². The lowest BCUT2D eigenvalue weighted by Crippen LogP contribution is -2.09. The van der Waals surface area contributed by atoms with Crippen LogP contribution in [0.25, 0.3) is 11.1 Å². The lowest BCUT2D eigenvalue weighted by Gasteiger charge is -2.04. The first-order chi connectivity index (χ1) is 10.6. The number of carbonyl (C=O) groups is 2. The van der Waals surface area contributed by atoms with Gasteiger partial charge in [0.25, 0.3) is 5.22 Å². The number of carbonyl (C=O) groups excluding carboxylic acids is 2. The molecular formula is C15H15NO5S. The van der Waals surface area contributed by atoms with Crippen LogP contribution in [0.4, 0.5) is 0 Å². The Morgan fingerprint density at radius 1 is 1.23 bits per heavy atom.